The molecular formula is C12H13F3N2OS. The summed E-state index contributed by atoms with van der Waals surface area (Å²) in [6.07, 6.45) is -1.78. The van der Waals surface area contributed by atoms with E-state index in [9.17, 15) is 18.0 Å². The number of rotatable bonds is 4. The number of alkyl halides is 3. The van der Waals surface area contributed by atoms with E-state index in [-0.39, 0.29) is 5.75 Å². The van der Waals surface area contributed by atoms with Crippen LogP contribution in [0.1, 0.15) is 28.0 Å². The van der Waals surface area contributed by atoms with Crippen molar-refractivity contribution >= 4 is 18.2 Å². The molecule has 0 unspecified atom stereocenters. The first-order chi connectivity index (χ1) is 8.98. The van der Waals surface area contributed by atoms with E-state index in [1.165, 1.54) is 11.9 Å². The monoisotopic (exact) mass is 290 g/mol. The maximum atomic E-state index is 12.1. The maximum Gasteiger partial charge on any atom is 0.389 e. The average molecular weight is 290 g/mol. The molecular weight excluding hydrogens is 277 g/mol. The first-order valence-electron chi connectivity index (χ1n) is 5.85. The molecule has 2 rings (SSSR count). The molecule has 2 heterocycles. The van der Waals surface area contributed by atoms with Crippen LogP contribution in [0, 0.1) is 0 Å². The Bertz CT molecular complexity index is 465. The van der Waals surface area contributed by atoms with Gasteiger partial charge in [0.25, 0.3) is 0 Å². The van der Waals surface area contributed by atoms with Crippen LogP contribution in [0.4, 0.5) is 13.2 Å². The minimum absolute atomic E-state index is 0.0322. The second kappa shape index (κ2) is 5.92. The van der Waals surface area contributed by atoms with Gasteiger partial charge in [0.1, 0.15) is 5.69 Å². The van der Waals surface area contributed by atoms with E-state index in [4.69, 9.17) is 0 Å². The summed E-state index contributed by atoms with van der Waals surface area (Å²) >= 11 is 1.21. The Labute approximate surface area is 113 Å². The molecule has 3 nitrogen and oxygen atoms in total. The van der Waals surface area contributed by atoms with Crippen LogP contribution in [-0.2, 0) is 13.0 Å². The van der Waals surface area contributed by atoms with Crippen molar-refractivity contribution in [1.82, 2.24) is 9.29 Å². The maximum absolute atomic E-state index is 12.1. The van der Waals surface area contributed by atoms with Crippen LogP contribution in [0.5, 0.6) is 0 Å². The zero-order valence-corrected chi connectivity index (χ0v) is 10.9. The lowest BCUT2D eigenvalue weighted by atomic mass is 10.0. The number of pyridine rings is 1. The van der Waals surface area contributed by atoms with Crippen molar-refractivity contribution in [3.05, 3.63) is 29.1 Å². The standard InChI is InChI=1S/C12H13F3N2OS/c13-12(14,15)2-4-19-17-3-1-9-6-16-11(8-18)5-10(9)7-17/h5-6,8H,1-4,7H2. The van der Waals surface area contributed by atoms with Gasteiger partial charge in [0.05, 0.1) is 6.42 Å². The molecule has 104 valence electrons. The van der Waals surface area contributed by atoms with Crippen molar-refractivity contribution < 1.29 is 18.0 Å². The SMILES string of the molecule is O=Cc1cc2c(cn1)CCN(SCCC(F)(F)F)C2. The molecule has 0 N–H and O–H groups in total. The van der Waals surface area contributed by atoms with Crippen LogP contribution in [0.25, 0.3) is 0 Å². The molecule has 1 aromatic heterocycles. The van der Waals surface area contributed by atoms with E-state index < -0.39 is 12.6 Å². The number of hydrogen-bond acceptors (Lipinski definition) is 4. The average Bonchev–Trinajstić information content (AvgIpc) is 2.36. The minimum Gasteiger partial charge on any atom is -0.296 e. The van der Waals surface area contributed by atoms with E-state index in [0.717, 1.165) is 17.5 Å². The zero-order chi connectivity index (χ0) is 13.9. The fourth-order valence-corrected chi connectivity index (χ4v) is 2.93. The smallest absolute Gasteiger partial charge is 0.296 e. The molecule has 0 saturated carbocycles. The summed E-state index contributed by atoms with van der Waals surface area (Å²) in [5.74, 6) is 0.0322. The van der Waals surface area contributed by atoms with Gasteiger partial charge in [0, 0.05) is 25.0 Å². The van der Waals surface area contributed by atoms with Gasteiger partial charge in [0.15, 0.2) is 6.29 Å². The van der Waals surface area contributed by atoms with Gasteiger partial charge in [-0.05, 0) is 23.6 Å². The van der Waals surface area contributed by atoms with Gasteiger partial charge in [-0.2, -0.15) is 13.2 Å². The Morgan fingerprint density at radius 2 is 2.21 bits per heavy atom. The molecule has 0 radical (unpaired) electrons. The highest BCUT2D eigenvalue weighted by atomic mass is 32.2. The van der Waals surface area contributed by atoms with Crippen LogP contribution in [-0.4, -0.2) is 34.0 Å². The second-order valence-electron chi connectivity index (χ2n) is 4.31. The van der Waals surface area contributed by atoms with Gasteiger partial charge in [-0.1, -0.05) is 11.9 Å². The van der Waals surface area contributed by atoms with Crippen molar-refractivity contribution in [1.29, 1.82) is 0 Å². The lowest BCUT2D eigenvalue weighted by Crippen LogP contribution is -2.26. The highest BCUT2D eigenvalue weighted by Gasteiger charge is 2.27. The van der Waals surface area contributed by atoms with Gasteiger partial charge in [-0.25, -0.2) is 4.31 Å². The Hall–Kier alpha value is -1.08. The summed E-state index contributed by atoms with van der Waals surface area (Å²) < 4.78 is 38.1. The molecule has 1 aromatic rings. The third kappa shape index (κ3) is 4.21. The van der Waals surface area contributed by atoms with Crippen LogP contribution in [0.2, 0.25) is 0 Å². The third-order valence-corrected chi connectivity index (χ3v) is 3.92. The summed E-state index contributed by atoms with van der Waals surface area (Å²) in [6, 6.07) is 1.71. The molecule has 0 fully saturated rings. The van der Waals surface area contributed by atoms with Crippen molar-refractivity contribution in [2.75, 3.05) is 12.3 Å². The van der Waals surface area contributed by atoms with Gasteiger partial charge < -0.3 is 0 Å². The Balaban J connectivity index is 1.92. The predicted molar refractivity (Wildman–Crippen MR) is 66.9 cm³/mol. The van der Waals surface area contributed by atoms with E-state index in [2.05, 4.69) is 4.98 Å². The zero-order valence-electron chi connectivity index (χ0n) is 10.1. The number of hydrogen-bond donors (Lipinski definition) is 0. The third-order valence-electron chi connectivity index (χ3n) is 2.86. The summed E-state index contributed by atoms with van der Waals surface area (Å²) in [6.45, 7) is 1.26. The molecule has 0 bridgehead atoms. The molecule has 0 aliphatic carbocycles. The van der Waals surface area contributed by atoms with Crippen molar-refractivity contribution in [2.24, 2.45) is 0 Å². The topological polar surface area (TPSA) is 33.2 Å². The fraction of sp³-hybridized carbons (Fsp3) is 0.500. The van der Waals surface area contributed by atoms with Gasteiger partial charge in [-0.15, -0.1) is 0 Å². The summed E-state index contributed by atoms with van der Waals surface area (Å²) in [5, 5.41) is 0. The molecule has 0 saturated heterocycles. The molecule has 0 aromatic carbocycles. The van der Waals surface area contributed by atoms with Crippen LogP contribution < -0.4 is 0 Å². The fourth-order valence-electron chi connectivity index (χ4n) is 1.90. The van der Waals surface area contributed by atoms with Gasteiger partial charge in [0.2, 0.25) is 0 Å². The highest BCUT2D eigenvalue weighted by Crippen LogP contribution is 2.27. The number of aldehydes is 1. The van der Waals surface area contributed by atoms with E-state index in [1.54, 1.807) is 12.3 Å². The Morgan fingerprint density at radius 3 is 2.89 bits per heavy atom. The lowest BCUT2D eigenvalue weighted by molar-refractivity contribution is -0.129. The highest BCUT2D eigenvalue weighted by molar-refractivity contribution is 7.96. The first kappa shape index (κ1) is 14.3. The van der Waals surface area contributed by atoms with Gasteiger partial charge >= 0.3 is 6.18 Å². The van der Waals surface area contributed by atoms with E-state index in [1.807, 2.05) is 4.31 Å². The second-order valence-corrected chi connectivity index (χ2v) is 5.49. The molecule has 19 heavy (non-hydrogen) atoms. The molecule has 0 amide bonds. The first-order valence-corrected chi connectivity index (χ1v) is 6.80. The largest absolute Gasteiger partial charge is 0.389 e. The number of carbonyl (C=O) groups is 1. The molecule has 0 spiro atoms. The van der Waals surface area contributed by atoms with Gasteiger partial charge in [-0.3, -0.25) is 9.78 Å². The summed E-state index contributed by atoms with van der Waals surface area (Å²) in [5.41, 5.74) is 2.40. The lowest BCUT2D eigenvalue weighted by Gasteiger charge is -2.27. The quantitative estimate of drug-likeness (QED) is 0.630. The number of carbonyl (C=O) groups excluding carboxylic acids is 1. The Morgan fingerprint density at radius 1 is 1.42 bits per heavy atom. The molecule has 1 aliphatic rings. The minimum atomic E-state index is -4.10. The number of nitrogens with zero attached hydrogens (tertiary/aromatic N) is 2. The normalized spacial score (nSPS) is 16.2. The van der Waals surface area contributed by atoms with Crippen LogP contribution >= 0.6 is 11.9 Å². The van der Waals surface area contributed by atoms with Crippen LogP contribution in [0.15, 0.2) is 12.3 Å². The van der Waals surface area contributed by atoms with Crippen molar-refractivity contribution in [2.45, 2.75) is 25.6 Å². The van der Waals surface area contributed by atoms with E-state index in [0.29, 0.717) is 25.1 Å². The predicted octanol–water partition coefficient (Wildman–Crippen LogP) is 2.85. The number of aromatic nitrogens is 1. The number of halogens is 3. The van der Waals surface area contributed by atoms with Crippen molar-refractivity contribution in [3.8, 4) is 0 Å². The van der Waals surface area contributed by atoms with Crippen LogP contribution in [0.3, 0.4) is 0 Å². The molecule has 7 heteroatoms. The van der Waals surface area contributed by atoms with E-state index >= 15 is 0 Å². The summed E-state index contributed by atoms with van der Waals surface area (Å²) in [4.78, 5) is 14.6. The van der Waals surface area contributed by atoms with Crippen molar-refractivity contribution in [3.63, 3.8) is 0 Å². The molecule has 0 atom stereocenters. The number of fused-ring (bicyclic) bond motifs is 1. The molecule has 1 aliphatic heterocycles. The Kier molecular flexibility index (Phi) is 4.46. The summed E-state index contributed by atoms with van der Waals surface area (Å²) in [7, 11) is 0.